The zero-order chi connectivity index (χ0) is 8.77. The van der Waals surface area contributed by atoms with Gasteiger partial charge in [-0.1, -0.05) is 12.2 Å². The van der Waals surface area contributed by atoms with Gasteiger partial charge in [0, 0.05) is 6.61 Å². The van der Waals surface area contributed by atoms with E-state index in [1.807, 2.05) is 0 Å². The van der Waals surface area contributed by atoms with Crippen molar-refractivity contribution in [1.29, 1.82) is 0 Å². The SMILES string of the molecule is C=C(C)[C@@H]1CCC2(CO)CC2C1. The molecule has 0 spiro atoms. The maximum absolute atomic E-state index is 9.19. The molecule has 68 valence electrons. The molecule has 0 radical (unpaired) electrons. The highest BCUT2D eigenvalue weighted by atomic mass is 16.3. The smallest absolute Gasteiger partial charge is 0.0490 e. The molecule has 2 saturated carbocycles. The van der Waals surface area contributed by atoms with Crippen molar-refractivity contribution in [3.8, 4) is 0 Å². The van der Waals surface area contributed by atoms with Crippen molar-refractivity contribution in [2.45, 2.75) is 32.6 Å². The van der Waals surface area contributed by atoms with Crippen LogP contribution in [0.3, 0.4) is 0 Å². The highest BCUT2D eigenvalue weighted by Crippen LogP contribution is 2.62. The molecular formula is C11H18O. The zero-order valence-electron chi connectivity index (χ0n) is 7.84. The monoisotopic (exact) mass is 166 g/mol. The number of allylic oxidation sites excluding steroid dienone is 1. The van der Waals surface area contributed by atoms with Gasteiger partial charge in [-0.05, 0) is 49.9 Å². The predicted molar refractivity (Wildman–Crippen MR) is 49.8 cm³/mol. The Kier molecular flexibility index (Phi) is 1.80. The van der Waals surface area contributed by atoms with E-state index in [2.05, 4.69) is 13.5 Å². The summed E-state index contributed by atoms with van der Waals surface area (Å²) in [6.07, 6.45) is 5.04. The van der Waals surface area contributed by atoms with Crippen LogP contribution in [-0.2, 0) is 0 Å². The molecular weight excluding hydrogens is 148 g/mol. The van der Waals surface area contributed by atoms with Crippen molar-refractivity contribution >= 4 is 0 Å². The van der Waals surface area contributed by atoms with Crippen LogP contribution in [0.4, 0.5) is 0 Å². The second-order valence-corrected chi connectivity index (χ2v) is 4.74. The molecule has 0 heterocycles. The average Bonchev–Trinajstić information content (AvgIpc) is 2.77. The third-order valence-corrected chi connectivity index (χ3v) is 3.93. The Morgan fingerprint density at radius 2 is 2.42 bits per heavy atom. The summed E-state index contributed by atoms with van der Waals surface area (Å²) in [5.74, 6) is 1.56. The first-order valence-corrected chi connectivity index (χ1v) is 4.94. The van der Waals surface area contributed by atoms with Gasteiger partial charge in [-0.15, -0.1) is 0 Å². The fraction of sp³-hybridized carbons (Fsp3) is 0.818. The van der Waals surface area contributed by atoms with Gasteiger partial charge in [0.1, 0.15) is 0 Å². The van der Waals surface area contributed by atoms with Crippen molar-refractivity contribution in [1.82, 2.24) is 0 Å². The minimum Gasteiger partial charge on any atom is -0.396 e. The first kappa shape index (κ1) is 8.31. The van der Waals surface area contributed by atoms with Crippen LogP contribution in [0.5, 0.6) is 0 Å². The molecule has 2 rings (SSSR count). The maximum Gasteiger partial charge on any atom is 0.0490 e. The minimum atomic E-state index is 0.367. The number of fused-ring (bicyclic) bond motifs is 1. The normalized spacial score (nSPS) is 45.2. The maximum atomic E-state index is 9.19. The van der Waals surface area contributed by atoms with Gasteiger partial charge in [-0.2, -0.15) is 0 Å². The van der Waals surface area contributed by atoms with Gasteiger partial charge in [-0.25, -0.2) is 0 Å². The standard InChI is InChI=1S/C11H18O/c1-8(2)9-3-4-11(7-12)6-10(11)5-9/h9-10,12H,1,3-7H2,2H3/t9-,10?,11?/m1/s1. The molecule has 0 bridgehead atoms. The van der Waals surface area contributed by atoms with Crippen LogP contribution in [0.1, 0.15) is 32.6 Å². The van der Waals surface area contributed by atoms with Gasteiger partial charge in [0.15, 0.2) is 0 Å². The highest BCUT2D eigenvalue weighted by molar-refractivity contribution is 5.10. The second-order valence-electron chi connectivity index (χ2n) is 4.74. The largest absolute Gasteiger partial charge is 0.396 e. The van der Waals surface area contributed by atoms with Gasteiger partial charge in [0.05, 0.1) is 0 Å². The third kappa shape index (κ3) is 1.11. The first-order chi connectivity index (χ1) is 5.68. The summed E-state index contributed by atoms with van der Waals surface area (Å²) in [4.78, 5) is 0. The molecule has 0 aliphatic heterocycles. The lowest BCUT2D eigenvalue weighted by Gasteiger charge is -2.27. The van der Waals surface area contributed by atoms with E-state index >= 15 is 0 Å². The van der Waals surface area contributed by atoms with Crippen molar-refractivity contribution in [3.63, 3.8) is 0 Å². The quantitative estimate of drug-likeness (QED) is 0.624. The second kappa shape index (κ2) is 2.59. The van der Waals surface area contributed by atoms with Crippen LogP contribution >= 0.6 is 0 Å². The molecule has 0 amide bonds. The van der Waals surface area contributed by atoms with E-state index < -0.39 is 0 Å². The summed E-state index contributed by atoms with van der Waals surface area (Å²) >= 11 is 0. The van der Waals surface area contributed by atoms with Crippen molar-refractivity contribution in [3.05, 3.63) is 12.2 Å². The van der Waals surface area contributed by atoms with E-state index in [0.29, 0.717) is 12.0 Å². The summed E-state index contributed by atoms with van der Waals surface area (Å²) in [7, 11) is 0. The Labute approximate surface area is 74.5 Å². The molecule has 1 nitrogen and oxygen atoms in total. The van der Waals surface area contributed by atoms with E-state index in [-0.39, 0.29) is 0 Å². The number of hydrogen-bond acceptors (Lipinski definition) is 1. The fourth-order valence-electron chi connectivity index (χ4n) is 2.71. The van der Waals surface area contributed by atoms with Crippen LogP contribution in [0.25, 0.3) is 0 Å². The highest BCUT2D eigenvalue weighted by Gasteiger charge is 2.55. The number of hydrogen-bond donors (Lipinski definition) is 1. The molecule has 3 atom stereocenters. The Hall–Kier alpha value is -0.300. The molecule has 1 heteroatoms. The average molecular weight is 166 g/mol. The lowest BCUT2D eigenvalue weighted by atomic mass is 9.79. The van der Waals surface area contributed by atoms with Gasteiger partial charge in [0.25, 0.3) is 0 Å². The number of rotatable bonds is 2. The molecule has 2 aliphatic carbocycles. The van der Waals surface area contributed by atoms with E-state index in [4.69, 9.17) is 0 Å². The molecule has 2 fully saturated rings. The Morgan fingerprint density at radius 1 is 1.67 bits per heavy atom. The molecule has 0 aromatic rings. The lowest BCUT2D eigenvalue weighted by Crippen LogP contribution is -2.19. The van der Waals surface area contributed by atoms with Crippen LogP contribution in [0.2, 0.25) is 0 Å². The number of aliphatic hydroxyl groups excluding tert-OH is 1. The zero-order valence-corrected chi connectivity index (χ0v) is 7.84. The molecule has 1 N–H and O–H groups in total. The van der Waals surface area contributed by atoms with E-state index in [0.717, 1.165) is 11.8 Å². The molecule has 2 unspecified atom stereocenters. The van der Waals surface area contributed by atoms with Crippen LogP contribution < -0.4 is 0 Å². The van der Waals surface area contributed by atoms with Crippen LogP contribution in [0, 0.1) is 17.3 Å². The van der Waals surface area contributed by atoms with Crippen LogP contribution in [-0.4, -0.2) is 11.7 Å². The van der Waals surface area contributed by atoms with E-state index in [9.17, 15) is 5.11 Å². The summed E-state index contributed by atoms with van der Waals surface area (Å²) in [6.45, 7) is 6.57. The summed E-state index contributed by atoms with van der Waals surface area (Å²) in [5.41, 5.74) is 1.71. The summed E-state index contributed by atoms with van der Waals surface area (Å²) in [6, 6.07) is 0. The molecule has 12 heavy (non-hydrogen) atoms. The van der Waals surface area contributed by atoms with E-state index in [1.165, 1.54) is 31.3 Å². The van der Waals surface area contributed by atoms with Gasteiger partial charge < -0.3 is 5.11 Å². The third-order valence-electron chi connectivity index (χ3n) is 3.93. The lowest BCUT2D eigenvalue weighted by molar-refractivity contribution is 0.158. The predicted octanol–water partition coefficient (Wildman–Crippen LogP) is 2.36. The first-order valence-electron chi connectivity index (χ1n) is 4.94. The van der Waals surface area contributed by atoms with Gasteiger partial charge >= 0.3 is 0 Å². The fourth-order valence-corrected chi connectivity index (χ4v) is 2.71. The molecule has 2 aliphatic rings. The van der Waals surface area contributed by atoms with Gasteiger partial charge in [-0.3, -0.25) is 0 Å². The van der Waals surface area contributed by atoms with E-state index in [1.54, 1.807) is 0 Å². The minimum absolute atomic E-state index is 0.367. The Bertz CT molecular complexity index is 209. The Morgan fingerprint density at radius 3 is 2.92 bits per heavy atom. The molecule has 0 aromatic heterocycles. The van der Waals surface area contributed by atoms with Crippen molar-refractivity contribution in [2.24, 2.45) is 17.3 Å². The molecule has 0 saturated heterocycles. The van der Waals surface area contributed by atoms with Crippen LogP contribution in [0.15, 0.2) is 12.2 Å². The number of aliphatic hydroxyl groups is 1. The summed E-state index contributed by atoms with van der Waals surface area (Å²) in [5, 5.41) is 9.19. The Balaban J connectivity index is 1.96. The molecule has 0 aromatic carbocycles. The topological polar surface area (TPSA) is 20.2 Å². The van der Waals surface area contributed by atoms with Crippen molar-refractivity contribution in [2.75, 3.05) is 6.61 Å². The van der Waals surface area contributed by atoms with Crippen molar-refractivity contribution < 1.29 is 5.11 Å². The van der Waals surface area contributed by atoms with Gasteiger partial charge in [0.2, 0.25) is 0 Å². The summed E-state index contributed by atoms with van der Waals surface area (Å²) < 4.78 is 0.